The van der Waals surface area contributed by atoms with Crippen LogP contribution in [0, 0.1) is 11.3 Å². The first-order valence-corrected chi connectivity index (χ1v) is 9.13. The van der Waals surface area contributed by atoms with Gasteiger partial charge in [-0.15, -0.1) is 0 Å². The van der Waals surface area contributed by atoms with Crippen LogP contribution >= 0.6 is 0 Å². The van der Waals surface area contributed by atoms with Crippen LogP contribution in [0.2, 0.25) is 0 Å². The molecule has 3 rings (SSSR count). The van der Waals surface area contributed by atoms with Gasteiger partial charge in [0.25, 0.3) is 0 Å². The van der Waals surface area contributed by atoms with E-state index in [1.54, 1.807) is 0 Å². The van der Waals surface area contributed by atoms with Crippen LogP contribution in [-0.2, 0) is 10.2 Å². The summed E-state index contributed by atoms with van der Waals surface area (Å²) in [5.41, 5.74) is 2.18. The summed E-state index contributed by atoms with van der Waals surface area (Å²) < 4.78 is 0. The number of carbonyl (C=O) groups is 1. The molecule has 0 aromatic heterocycles. The Labute approximate surface area is 155 Å². The number of benzene rings is 2. The summed E-state index contributed by atoms with van der Waals surface area (Å²) in [6.45, 7) is 5.67. The zero-order valence-electron chi connectivity index (χ0n) is 15.4. The lowest BCUT2D eigenvalue weighted by Gasteiger charge is -2.27. The lowest BCUT2D eigenvalue weighted by Crippen LogP contribution is -2.35. The number of amides is 1. The number of likely N-dealkylation sites (tertiary alicyclic amines) is 1. The quantitative estimate of drug-likeness (QED) is 0.879. The minimum atomic E-state index is -0.537. The van der Waals surface area contributed by atoms with Gasteiger partial charge < -0.3 is 5.32 Å². The van der Waals surface area contributed by atoms with Crippen molar-refractivity contribution in [2.45, 2.75) is 38.1 Å². The molecule has 1 aliphatic heterocycles. The van der Waals surface area contributed by atoms with Gasteiger partial charge in [-0.05, 0) is 63.0 Å². The van der Waals surface area contributed by atoms with E-state index in [1.807, 2.05) is 68.4 Å². The van der Waals surface area contributed by atoms with Crippen molar-refractivity contribution < 1.29 is 4.79 Å². The van der Waals surface area contributed by atoms with Crippen molar-refractivity contribution in [2.75, 3.05) is 18.4 Å². The summed E-state index contributed by atoms with van der Waals surface area (Å²) in [6, 6.07) is 19.5. The summed E-state index contributed by atoms with van der Waals surface area (Å²) in [5.74, 6) is -0.00890. The van der Waals surface area contributed by atoms with E-state index in [0.29, 0.717) is 0 Å². The van der Waals surface area contributed by atoms with E-state index in [0.717, 1.165) is 42.7 Å². The van der Waals surface area contributed by atoms with E-state index in [9.17, 15) is 10.1 Å². The van der Waals surface area contributed by atoms with Gasteiger partial charge >= 0.3 is 0 Å². The zero-order valence-corrected chi connectivity index (χ0v) is 15.4. The number of hydrogen-bond donors (Lipinski definition) is 1. The van der Waals surface area contributed by atoms with Crippen molar-refractivity contribution in [3.63, 3.8) is 0 Å². The lowest BCUT2D eigenvalue weighted by atomic mass is 9.86. The number of rotatable bonds is 5. The Balaban J connectivity index is 1.79. The number of carbonyl (C=O) groups excluding carboxylic acids is 1. The monoisotopic (exact) mass is 347 g/mol. The highest BCUT2D eigenvalue weighted by atomic mass is 16.2. The second kappa shape index (κ2) is 7.72. The molecule has 1 aliphatic rings. The van der Waals surface area contributed by atoms with E-state index in [4.69, 9.17) is 0 Å². The fourth-order valence-electron chi connectivity index (χ4n) is 3.41. The molecule has 0 aliphatic carbocycles. The lowest BCUT2D eigenvalue weighted by molar-refractivity contribution is -0.121. The normalized spacial score (nSPS) is 16.0. The number of anilines is 1. The number of hydrogen-bond acceptors (Lipinski definition) is 3. The van der Waals surface area contributed by atoms with E-state index >= 15 is 0 Å². The Bertz CT molecular complexity index is 784. The van der Waals surface area contributed by atoms with E-state index in [1.165, 1.54) is 0 Å². The van der Waals surface area contributed by atoms with Gasteiger partial charge in [-0.1, -0.05) is 42.5 Å². The molecule has 2 aromatic rings. The van der Waals surface area contributed by atoms with Gasteiger partial charge in [0.2, 0.25) is 5.91 Å². The molecule has 1 atom stereocenters. The van der Waals surface area contributed by atoms with Crippen LogP contribution in [0.25, 0.3) is 0 Å². The average molecular weight is 347 g/mol. The summed E-state index contributed by atoms with van der Waals surface area (Å²) >= 11 is 0. The van der Waals surface area contributed by atoms with Crippen LogP contribution < -0.4 is 5.32 Å². The maximum absolute atomic E-state index is 13.0. The molecule has 0 bridgehead atoms. The second-order valence-corrected chi connectivity index (χ2v) is 7.36. The van der Waals surface area contributed by atoms with E-state index in [2.05, 4.69) is 16.3 Å². The van der Waals surface area contributed by atoms with Gasteiger partial charge in [0.15, 0.2) is 0 Å². The molecule has 4 nitrogen and oxygen atoms in total. The smallest absolute Gasteiger partial charge is 0.246 e. The van der Waals surface area contributed by atoms with Crippen molar-refractivity contribution in [3.05, 3.63) is 65.7 Å². The van der Waals surface area contributed by atoms with Crippen LogP contribution in [0.5, 0.6) is 0 Å². The Morgan fingerprint density at radius 2 is 1.69 bits per heavy atom. The second-order valence-electron chi connectivity index (χ2n) is 7.36. The Kier molecular flexibility index (Phi) is 5.39. The molecule has 0 radical (unpaired) electrons. The van der Waals surface area contributed by atoms with Crippen molar-refractivity contribution in [3.8, 4) is 6.07 Å². The number of nitrogens with one attached hydrogen (secondary N) is 1. The van der Waals surface area contributed by atoms with Gasteiger partial charge in [-0.25, -0.2) is 0 Å². The highest BCUT2D eigenvalue weighted by Crippen LogP contribution is 2.28. The standard InChI is InChI=1S/C22H25N3O/c1-22(2,16-23)18-10-12-19(13-11-18)24-21(26)20(25-14-6-7-15-25)17-8-4-3-5-9-17/h3-5,8-13,20H,6-7,14-15H2,1-2H3,(H,24,26). The third-order valence-corrected chi connectivity index (χ3v) is 5.02. The molecule has 134 valence electrons. The molecular weight excluding hydrogens is 322 g/mol. The van der Waals surface area contributed by atoms with Gasteiger partial charge in [-0.3, -0.25) is 9.69 Å². The minimum absolute atomic E-state index is 0.00890. The minimum Gasteiger partial charge on any atom is -0.324 e. The first-order chi connectivity index (χ1) is 12.5. The molecule has 1 amide bonds. The summed E-state index contributed by atoms with van der Waals surface area (Å²) in [6.07, 6.45) is 2.27. The predicted molar refractivity (Wildman–Crippen MR) is 104 cm³/mol. The van der Waals surface area contributed by atoms with Crippen LogP contribution in [0.1, 0.15) is 43.9 Å². The molecule has 0 spiro atoms. The molecule has 1 saturated heterocycles. The van der Waals surface area contributed by atoms with Crippen LogP contribution in [0.15, 0.2) is 54.6 Å². The Hall–Kier alpha value is -2.64. The summed E-state index contributed by atoms with van der Waals surface area (Å²) in [7, 11) is 0. The predicted octanol–water partition coefficient (Wildman–Crippen LogP) is 4.26. The molecule has 4 heteroatoms. The fourth-order valence-corrected chi connectivity index (χ4v) is 3.41. The highest BCUT2D eigenvalue weighted by molar-refractivity contribution is 5.95. The van der Waals surface area contributed by atoms with Crippen LogP contribution in [0.3, 0.4) is 0 Å². The first kappa shape index (κ1) is 18.2. The van der Waals surface area contributed by atoms with Crippen LogP contribution in [0.4, 0.5) is 5.69 Å². The average Bonchev–Trinajstić information content (AvgIpc) is 3.17. The zero-order chi connectivity index (χ0) is 18.6. The molecule has 26 heavy (non-hydrogen) atoms. The number of nitriles is 1. The molecule has 2 aromatic carbocycles. The third-order valence-electron chi connectivity index (χ3n) is 5.02. The summed E-state index contributed by atoms with van der Waals surface area (Å²) in [4.78, 5) is 15.3. The fraction of sp³-hybridized carbons (Fsp3) is 0.364. The van der Waals surface area contributed by atoms with Gasteiger partial charge in [0, 0.05) is 5.69 Å². The molecule has 1 unspecified atom stereocenters. The van der Waals surface area contributed by atoms with Crippen molar-refractivity contribution >= 4 is 11.6 Å². The Morgan fingerprint density at radius 3 is 2.27 bits per heavy atom. The molecular formula is C22H25N3O. The van der Waals surface area contributed by atoms with E-state index < -0.39 is 5.41 Å². The van der Waals surface area contributed by atoms with Crippen molar-refractivity contribution in [2.24, 2.45) is 0 Å². The van der Waals surface area contributed by atoms with Crippen molar-refractivity contribution in [1.82, 2.24) is 4.90 Å². The maximum Gasteiger partial charge on any atom is 0.246 e. The van der Waals surface area contributed by atoms with Gasteiger partial charge in [0.1, 0.15) is 6.04 Å². The van der Waals surface area contributed by atoms with Crippen molar-refractivity contribution in [1.29, 1.82) is 5.26 Å². The largest absolute Gasteiger partial charge is 0.324 e. The number of nitrogens with zero attached hydrogens (tertiary/aromatic N) is 2. The van der Waals surface area contributed by atoms with Crippen LogP contribution in [-0.4, -0.2) is 23.9 Å². The molecule has 1 heterocycles. The highest BCUT2D eigenvalue weighted by Gasteiger charge is 2.29. The van der Waals surface area contributed by atoms with Gasteiger partial charge in [0.05, 0.1) is 11.5 Å². The molecule has 0 saturated carbocycles. The van der Waals surface area contributed by atoms with E-state index in [-0.39, 0.29) is 11.9 Å². The maximum atomic E-state index is 13.0. The SMILES string of the molecule is CC(C)(C#N)c1ccc(NC(=O)C(c2ccccc2)N2CCCC2)cc1. The summed E-state index contributed by atoms with van der Waals surface area (Å²) in [5, 5.41) is 12.3. The van der Waals surface area contributed by atoms with Gasteiger partial charge in [-0.2, -0.15) is 5.26 Å². The Morgan fingerprint density at radius 1 is 1.08 bits per heavy atom. The third kappa shape index (κ3) is 3.95. The first-order valence-electron chi connectivity index (χ1n) is 9.13. The molecule has 1 fully saturated rings. The molecule has 1 N–H and O–H groups in total. The topological polar surface area (TPSA) is 56.1 Å².